The molecule has 2 N–H and O–H groups in total. The molecule has 1 fully saturated rings. The van der Waals surface area contributed by atoms with E-state index in [2.05, 4.69) is 10.6 Å². The number of carbonyl (C=O) groups excluding carboxylic acids is 1. The minimum absolute atomic E-state index is 0.0480. The zero-order valence-corrected chi connectivity index (χ0v) is 8.81. The Morgan fingerprint density at radius 3 is 2.46 bits per heavy atom. The van der Waals surface area contributed by atoms with Gasteiger partial charge >= 0.3 is 6.03 Å². The molecular formula is C10H20N2O. The fraction of sp³-hybridized carbons (Fsp3) is 0.900. The summed E-state index contributed by atoms with van der Waals surface area (Å²) in [4.78, 5) is 11.2. The van der Waals surface area contributed by atoms with Crippen molar-refractivity contribution in [3.8, 4) is 0 Å². The number of urea groups is 1. The number of amides is 2. The smallest absolute Gasteiger partial charge is 0.315 e. The molecule has 0 spiro atoms. The molecule has 3 heteroatoms. The quantitative estimate of drug-likeness (QED) is 0.691. The van der Waals surface area contributed by atoms with Gasteiger partial charge in [0, 0.05) is 12.1 Å². The highest BCUT2D eigenvalue weighted by Gasteiger charge is 2.21. The number of rotatable bonds is 3. The van der Waals surface area contributed by atoms with Crippen LogP contribution < -0.4 is 10.6 Å². The van der Waals surface area contributed by atoms with Crippen molar-refractivity contribution in [2.45, 2.75) is 45.6 Å². The molecule has 1 aliphatic rings. The van der Waals surface area contributed by atoms with Crippen molar-refractivity contribution in [1.82, 2.24) is 10.6 Å². The molecule has 1 saturated carbocycles. The molecule has 0 bridgehead atoms. The van der Waals surface area contributed by atoms with E-state index in [1.807, 2.05) is 20.8 Å². The molecular weight excluding hydrogens is 164 g/mol. The van der Waals surface area contributed by atoms with Gasteiger partial charge in [0.2, 0.25) is 0 Å². The van der Waals surface area contributed by atoms with Gasteiger partial charge in [-0.25, -0.2) is 4.79 Å². The maximum absolute atomic E-state index is 11.2. The fourth-order valence-electron chi connectivity index (χ4n) is 1.18. The summed E-state index contributed by atoms with van der Waals surface area (Å²) in [6, 6.07) is -0.0480. The van der Waals surface area contributed by atoms with Gasteiger partial charge in [0.15, 0.2) is 0 Å². The molecule has 13 heavy (non-hydrogen) atoms. The van der Waals surface area contributed by atoms with E-state index in [0.717, 1.165) is 18.9 Å². The van der Waals surface area contributed by atoms with Crippen molar-refractivity contribution in [2.24, 2.45) is 5.92 Å². The normalized spacial score (nSPS) is 16.8. The Labute approximate surface area is 80.3 Å². The van der Waals surface area contributed by atoms with E-state index in [1.165, 1.54) is 12.8 Å². The molecule has 0 heterocycles. The van der Waals surface area contributed by atoms with E-state index < -0.39 is 0 Å². The van der Waals surface area contributed by atoms with Crippen LogP contribution in [0.15, 0.2) is 0 Å². The van der Waals surface area contributed by atoms with Crippen LogP contribution >= 0.6 is 0 Å². The van der Waals surface area contributed by atoms with E-state index in [0.29, 0.717) is 0 Å². The van der Waals surface area contributed by atoms with Crippen LogP contribution in [0.2, 0.25) is 0 Å². The average molecular weight is 184 g/mol. The van der Waals surface area contributed by atoms with Crippen molar-refractivity contribution in [3.63, 3.8) is 0 Å². The third-order valence-corrected chi connectivity index (χ3v) is 2.02. The van der Waals surface area contributed by atoms with E-state index in [-0.39, 0.29) is 11.6 Å². The summed E-state index contributed by atoms with van der Waals surface area (Å²) in [6.45, 7) is 6.75. The van der Waals surface area contributed by atoms with Crippen LogP contribution in [0, 0.1) is 5.92 Å². The average Bonchev–Trinajstić information content (AvgIpc) is 2.66. The summed E-state index contributed by atoms with van der Waals surface area (Å²) in [5.41, 5.74) is -0.135. The number of nitrogens with one attached hydrogen (secondary N) is 2. The highest BCUT2D eigenvalue weighted by atomic mass is 16.2. The highest BCUT2D eigenvalue weighted by molar-refractivity contribution is 5.74. The second kappa shape index (κ2) is 3.99. The molecule has 0 saturated heterocycles. The second-order valence-corrected chi connectivity index (χ2v) is 4.86. The third-order valence-electron chi connectivity index (χ3n) is 2.02. The van der Waals surface area contributed by atoms with Gasteiger partial charge in [0.25, 0.3) is 0 Å². The SMILES string of the molecule is CC(C)(C)NC(=O)NCCC1CC1. The Balaban J connectivity index is 2.02. The minimum Gasteiger partial charge on any atom is -0.338 e. The van der Waals surface area contributed by atoms with Crippen LogP contribution in [0.1, 0.15) is 40.0 Å². The van der Waals surface area contributed by atoms with Gasteiger partial charge in [-0.2, -0.15) is 0 Å². The van der Waals surface area contributed by atoms with Gasteiger partial charge in [0.05, 0.1) is 0 Å². The third kappa shape index (κ3) is 5.50. The van der Waals surface area contributed by atoms with E-state index in [9.17, 15) is 4.79 Å². The van der Waals surface area contributed by atoms with Gasteiger partial charge in [-0.3, -0.25) is 0 Å². The van der Waals surface area contributed by atoms with Gasteiger partial charge in [-0.15, -0.1) is 0 Å². The molecule has 0 radical (unpaired) electrons. The van der Waals surface area contributed by atoms with Crippen LogP contribution in [0.3, 0.4) is 0 Å². The summed E-state index contributed by atoms with van der Waals surface area (Å²) in [5, 5.41) is 5.72. The second-order valence-electron chi connectivity index (χ2n) is 4.86. The topological polar surface area (TPSA) is 41.1 Å². The first-order valence-corrected chi connectivity index (χ1v) is 5.03. The molecule has 0 aliphatic heterocycles. The van der Waals surface area contributed by atoms with Crippen molar-refractivity contribution in [3.05, 3.63) is 0 Å². The van der Waals surface area contributed by atoms with Gasteiger partial charge in [0.1, 0.15) is 0 Å². The van der Waals surface area contributed by atoms with Crippen LogP contribution in [0.5, 0.6) is 0 Å². The van der Waals surface area contributed by atoms with E-state index in [1.54, 1.807) is 0 Å². The first-order chi connectivity index (χ1) is 5.97. The molecule has 3 nitrogen and oxygen atoms in total. The van der Waals surface area contributed by atoms with E-state index in [4.69, 9.17) is 0 Å². The number of hydrogen-bond acceptors (Lipinski definition) is 1. The van der Waals surface area contributed by atoms with Gasteiger partial charge < -0.3 is 10.6 Å². The molecule has 0 atom stereocenters. The first kappa shape index (κ1) is 10.4. The Morgan fingerprint density at radius 1 is 1.38 bits per heavy atom. The fourth-order valence-corrected chi connectivity index (χ4v) is 1.18. The van der Waals surface area contributed by atoms with Crippen LogP contribution in [0.25, 0.3) is 0 Å². The van der Waals surface area contributed by atoms with Crippen molar-refractivity contribution in [1.29, 1.82) is 0 Å². The van der Waals surface area contributed by atoms with Crippen LogP contribution in [-0.4, -0.2) is 18.1 Å². The maximum Gasteiger partial charge on any atom is 0.315 e. The van der Waals surface area contributed by atoms with E-state index >= 15 is 0 Å². The standard InChI is InChI=1S/C10H20N2O/c1-10(2,3)12-9(13)11-7-6-8-4-5-8/h8H,4-7H2,1-3H3,(H2,11,12,13). The van der Waals surface area contributed by atoms with Crippen molar-refractivity contribution in [2.75, 3.05) is 6.54 Å². The maximum atomic E-state index is 11.2. The monoisotopic (exact) mass is 184 g/mol. The van der Waals surface area contributed by atoms with Gasteiger partial charge in [-0.1, -0.05) is 12.8 Å². The molecule has 0 aromatic heterocycles. The zero-order valence-electron chi connectivity index (χ0n) is 8.81. The van der Waals surface area contributed by atoms with Gasteiger partial charge in [-0.05, 0) is 33.1 Å². The Kier molecular flexibility index (Phi) is 3.17. The Morgan fingerprint density at radius 2 is 2.00 bits per heavy atom. The predicted octanol–water partition coefficient (Wildman–Crippen LogP) is 1.88. The summed E-state index contributed by atoms with van der Waals surface area (Å²) in [6.07, 6.45) is 3.84. The lowest BCUT2D eigenvalue weighted by Crippen LogP contribution is -2.46. The summed E-state index contributed by atoms with van der Waals surface area (Å²) in [5.74, 6) is 0.884. The summed E-state index contributed by atoms with van der Waals surface area (Å²) < 4.78 is 0. The Hall–Kier alpha value is -0.730. The summed E-state index contributed by atoms with van der Waals surface area (Å²) in [7, 11) is 0. The van der Waals surface area contributed by atoms with Crippen LogP contribution in [-0.2, 0) is 0 Å². The lowest BCUT2D eigenvalue weighted by molar-refractivity contribution is 0.232. The summed E-state index contributed by atoms with van der Waals surface area (Å²) >= 11 is 0. The van der Waals surface area contributed by atoms with Crippen LogP contribution in [0.4, 0.5) is 4.79 Å². The number of hydrogen-bond donors (Lipinski definition) is 2. The molecule has 1 rings (SSSR count). The lowest BCUT2D eigenvalue weighted by atomic mass is 10.1. The molecule has 0 unspecified atom stereocenters. The first-order valence-electron chi connectivity index (χ1n) is 5.03. The molecule has 76 valence electrons. The molecule has 0 aromatic rings. The minimum atomic E-state index is -0.135. The molecule has 0 aromatic carbocycles. The number of carbonyl (C=O) groups is 1. The zero-order chi connectivity index (χ0) is 9.90. The van der Waals surface area contributed by atoms with Crippen molar-refractivity contribution < 1.29 is 4.79 Å². The largest absolute Gasteiger partial charge is 0.338 e. The molecule has 1 aliphatic carbocycles. The predicted molar refractivity (Wildman–Crippen MR) is 53.6 cm³/mol. The highest BCUT2D eigenvalue weighted by Crippen LogP contribution is 2.31. The Bertz CT molecular complexity index is 180. The lowest BCUT2D eigenvalue weighted by Gasteiger charge is -2.20. The van der Waals surface area contributed by atoms with Crippen molar-refractivity contribution >= 4 is 6.03 Å². The molecule has 2 amide bonds.